The molecule has 0 saturated heterocycles. The quantitative estimate of drug-likeness (QED) is 0.797. The molecule has 1 heterocycles. The normalized spacial score (nSPS) is 9.32. The fraction of sp³-hybridized carbons (Fsp3) is 0.0667. The van der Waals surface area contributed by atoms with E-state index < -0.39 is 0 Å². The SMILES string of the molecule is NCC#Cc1cnccc1C(=O)Nc1ccccc1. The molecule has 4 heteroatoms. The van der Waals surface area contributed by atoms with Crippen molar-refractivity contribution in [1.82, 2.24) is 4.98 Å². The topological polar surface area (TPSA) is 68.0 Å². The molecule has 1 amide bonds. The van der Waals surface area contributed by atoms with Crippen LogP contribution < -0.4 is 11.1 Å². The van der Waals surface area contributed by atoms with Gasteiger partial charge in [0.25, 0.3) is 5.91 Å². The molecule has 2 rings (SSSR count). The summed E-state index contributed by atoms with van der Waals surface area (Å²) in [6, 6.07) is 10.9. The van der Waals surface area contributed by atoms with Gasteiger partial charge in [-0.25, -0.2) is 0 Å². The van der Waals surface area contributed by atoms with Crippen molar-refractivity contribution in [3.8, 4) is 11.8 Å². The molecule has 0 fully saturated rings. The minimum Gasteiger partial charge on any atom is -0.322 e. The lowest BCUT2D eigenvalue weighted by molar-refractivity contribution is 0.102. The fourth-order valence-electron chi connectivity index (χ4n) is 1.56. The molecule has 0 aliphatic heterocycles. The molecular formula is C15H13N3O. The fourth-order valence-corrected chi connectivity index (χ4v) is 1.56. The van der Waals surface area contributed by atoms with Gasteiger partial charge in [-0.3, -0.25) is 9.78 Å². The van der Waals surface area contributed by atoms with Crippen molar-refractivity contribution in [2.45, 2.75) is 0 Å². The van der Waals surface area contributed by atoms with Gasteiger partial charge >= 0.3 is 0 Å². The molecule has 1 aromatic carbocycles. The van der Waals surface area contributed by atoms with Gasteiger partial charge in [-0.1, -0.05) is 30.0 Å². The van der Waals surface area contributed by atoms with Gasteiger partial charge in [-0.15, -0.1) is 0 Å². The van der Waals surface area contributed by atoms with Gasteiger partial charge < -0.3 is 11.1 Å². The van der Waals surface area contributed by atoms with Crippen molar-refractivity contribution >= 4 is 11.6 Å². The minimum absolute atomic E-state index is 0.213. The van der Waals surface area contributed by atoms with Gasteiger partial charge in [0.1, 0.15) is 0 Å². The van der Waals surface area contributed by atoms with E-state index in [2.05, 4.69) is 22.1 Å². The average Bonchev–Trinajstić information content (AvgIpc) is 2.46. The molecule has 94 valence electrons. The number of amides is 1. The van der Waals surface area contributed by atoms with Crippen molar-refractivity contribution in [2.24, 2.45) is 5.73 Å². The second kappa shape index (κ2) is 6.34. The molecule has 0 spiro atoms. The maximum atomic E-state index is 12.2. The highest BCUT2D eigenvalue weighted by Crippen LogP contribution is 2.11. The molecule has 4 nitrogen and oxygen atoms in total. The van der Waals surface area contributed by atoms with Crippen LogP contribution in [0, 0.1) is 11.8 Å². The summed E-state index contributed by atoms with van der Waals surface area (Å²) < 4.78 is 0. The minimum atomic E-state index is -0.213. The highest BCUT2D eigenvalue weighted by Gasteiger charge is 2.09. The first-order valence-electron chi connectivity index (χ1n) is 5.80. The van der Waals surface area contributed by atoms with Crippen molar-refractivity contribution in [1.29, 1.82) is 0 Å². The lowest BCUT2D eigenvalue weighted by atomic mass is 10.1. The maximum Gasteiger partial charge on any atom is 0.257 e. The summed E-state index contributed by atoms with van der Waals surface area (Å²) in [6.07, 6.45) is 3.12. The molecule has 0 atom stereocenters. The number of aromatic nitrogens is 1. The highest BCUT2D eigenvalue weighted by atomic mass is 16.1. The van der Waals surface area contributed by atoms with Gasteiger partial charge in [0.15, 0.2) is 0 Å². The standard InChI is InChI=1S/C15H13N3O/c16-9-4-5-12-11-17-10-8-14(12)15(19)18-13-6-2-1-3-7-13/h1-3,6-8,10-11H,9,16H2,(H,18,19). The Labute approximate surface area is 111 Å². The Bertz CT molecular complexity index is 627. The number of hydrogen-bond acceptors (Lipinski definition) is 3. The Morgan fingerprint density at radius 3 is 2.79 bits per heavy atom. The third-order valence-electron chi connectivity index (χ3n) is 2.42. The van der Waals surface area contributed by atoms with E-state index in [4.69, 9.17) is 5.73 Å². The number of carbonyl (C=O) groups excluding carboxylic acids is 1. The number of hydrogen-bond donors (Lipinski definition) is 2. The van der Waals surface area contributed by atoms with Gasteiger partial charge in [-0.05, 0) is 18.2 Å². The lowest BCUT2D eigenvalue weighted by Crippen LogP contribution is -2.13. The van der Waals surface area contributed by atoms with Gasteiger partial charge in [-0.2, -0.15) is 0 Å². The summed E-state index contributed by atoms with van der Waals surface area (Å²) in [7, 11) is 0. The summed E-state index contributed by atoms with van der Waals surface area (Å²) >= 11 is 0. The van der Waals surface area contributed by atoms with Gasteiger partial charge in [0.2, 0.25) is 0 Å². The second-order valence-corrected chi connectivity index (χ2v) is 3.75. The van der Waals surface area contributed by atoms with Crippen LogP contribution in [0.25, 0.3) is 0 Å². The highest BCUT2D eigenvalue weighted by molar-refractivity contribution is 6.05. The van der Waals surface area contributed by atoms with E-state index in [0.717, 1.165) is 5.69 Å². The van der Waals surface area contributed by atoms with Gasteiger partial charge in [0.05, 0.1) is 17.7 Å². The average molecular weight is 251 g/mol. The first-order valence-corrected chi connectivity index (χ1v) is 5.80. The molecule has 0 saturated carbocycles. The molecule has 0 aliphatic carbocycles. The Balaban J connectivity index is 2.24. The number of para-hydroxylation sites is 1. The second-order valence-electron chi connectivity index (χ2n) is 3.75. The number of nitrogens with one attached hydrogen (secondary N) is 1. The van der Waals surface area contributed by atoms with Crippen molar-refractivity contribution in [2.75, 3.05) is 11.9 Å². The van der Waals surface area contributed by atoms with Gasteiger partial charge in [0, 0.05) is 18.1 Å². The number of nitrogens with zero attached hydrogens (tertiary/aromatic N) is 1. The molecule has 1 aromatic heterocycles. The monoisotopic (exact) mass is 251 g/mol. The Morgan fingerprint density at radius 2 is 2.05 bits per heavy atom. The molecular weight excluding hydrogens is 238 g/mol. The summed E-state index contributed by atoms with van der Waals surface area (Å²) in [5.74, 6) is 5.35. The molecule has 0 unspecified atom stereocenters. The molecule has 0 radical (unpaired) electrons. The van der Waals surface area contributed by atoms with E-state index >= 15 is 0 Å². The van der Waals surface area contributed by atoms with Crippen LogP contribution in [0.15, 0.2) is 48.8 Å². The zero-order valence-corrected chi connectivity index (χ0v) is 10.3. The predicted octanol–water partition coefficient (Wildman–Crippen LogP) is 1.64. The van der Waals surface area contributed by atoms with E-state index in [-0.39, 0.29) is 12.5 Å². The van der Waals surface area contributed by atoms with Crippen LogP contribution in [0.1, 0.15) is 15.9 Å². The third-order valence-corrected chi connectivity index (χ3v) is 2.42. The first kappa shape index (κ1) is 12.8. The molecule has 0 bridgehead atoms. The maximum absolute atomic E-state index is 12.2. The first-order chi connectivity index (χ1) is 9.31. The van der Waals surface area contributed by atoms with E-state index in [1.54, 1.807) is 18.5 Å². The number of benzene rings is 1. The molecule has 2 aromatic rings. The molecule has 0 aliphatic rings. The van der Waals surface area contributed by atoms with Crippen LogP contribution in [0.3, 0.4) is 0 Å². The molecule has 19 heavy (non-hydrogen) atoms. The summed E-state index contributed by atoms with van der Waals surface area (Å²) in [5, 5.41) is 2.81. The summed E-state index contributed by atoms with van der Waals surface area (Å²) in [5.41, 5.74) is 7.13. The van der Waals surface area contributed by atoms with Crippen LogP contribution >= 0.6 is 0 Å². The van der Waals surface area contributed by atoms with E-state index in [0.29, 0.717) is 11.1 Å². The molecule has 3 N–H and O–H groups in total. The number of carbonyl (C=O) groups is 1. The van der Waals surface area contributed by atoms with E-state index in [9.17, 15) is 4.79 Å². The summed E-state index contributed by atoms with van der Waals surface area (Å²) in [4.78, 5) is 16.1. The third kappa shape index (κ3) is 3.41. The summed E-state index contributed by atoms with van der Waals surface area (Å²) in [6.45, 7) is 0.245. The van der Waals surface area contributed by atoms with Crippen LogP contribution in [-0.4, -0.2) is 17.4 Å². The van der Waals surface area contributed by atoms with Crippen molar-refractivity contribution in [3.05, 3.63) is 59.9 Å². The Hall–Kier alpha value is -2.64. The van der Waals surface area contributed by atoms with Crippen LogP contribution in [-0.2, 0) is 0 Å². The van der Waals surface area contributed by atoms with Crippen LogP contribution in [0.2, 0.25) is 0 Å². The van der Waals surface area contributed by atoms with Crippen LogP contribution in [0.5, 0.6) is 0 Å². The van der Waals surface area contributed by atoms with Crippen molar-refractivity contribution in [3.63, 3.8) is 0 Å². The largest absolute Gasteiger partial charge is 0.322 e. The zero-order chi connectivity index (χ0) is 13.5. The number of nitrogens with two attached hydrogens (primary N) is 1. The van der Waals surface area contributed by atoms with Crippen molar-refractivity contribution < 1.29 is 4.79 Å². The number of anilines is 1. The predicted molar refractivity (Wildman–Crippen MR) is 74.6 cm³/mol. The number of pyridine rings is 1. The van der Waals surface area contributed by atoms with E-state index in [1.807, 2.05) is 30.3 Å². The van der Waals surface area contributed by atoms with E-state index in [1.165, 1.54) is 0 Å². The zero-order valence-electron chi connectivity index (χ0n) is 10.3. The lowest BCUT2D eigenvalue weighted by Gasteiger charge is -2.06. The smallest absolute Gasteiger partial charge is 0.257 e. The van der Waals surface area contributed by atoms with Crippen LogP contribution in [0.4, 0.5) is 5.69 Å². The number of rotatable bonds is 2. The Kier molecular flexibility index (Phi) is 4.27. The Morgan fingerprint density at radius 1 is 1.26 bits per heavy atom.